The Hall–Kier alpha value is 0.280. The summed E-state index contributed by atoms with van der Waals surface area (Å²) >= 11 is 0.488. The quantitative estimate of drug-likeness (QED) is 0.624. The molecule has 0 aromatic carbocycles. The Morgan fingerprint density at radius 3 is 2.27 bits per heavy atom. The van der Waals surface area contributed by atoms with Crippen LogP contribution in [0.5, 0.6) is 0 Å². The fourth-order valence-electron chi connectivity index (χ4n) is 1.51. The van der Waals surface area contributed by atoms with Crippen molar-refractivity contribution in [2.45, 2.75) is 46.0 Å². The van der Waals surface area contributed by atoms with Crippen molar-refractivity contribution in [2.24, 2.45) is 5.92 Å². The van der Waals surface area contributed by atoms with E-state index in [4.69, 9.17) is 0 Å². The molecule has 1 aliphatic carbocycles. The van der Waals surface area contributed by atoms with E-state index in [0.717, 1.165) is 12.3 Å². The molecule has 0 amide bonds. The molecule has 0 spiro atoms. The maximum atomic E-state index is 11.6. The molecule has 1 saturated carbocycles. The molecule has 0 nitrogen and oxygen atoms in total. The summed E-state index contributed by atoms with van der Waals surface area (Å²) in [5, 5.41) is 0. The van der Waals surface area contributed by atoms with Gasteiger partial charge >= 0.3 is 0 Å². The zero-order valence-electron chi connectivity index (χ0n) is 7.61. The van der Waals surface area contributed by atoms with E-state index in [-0.39, 0.29) is 0 Å². The Morgan fingerprint density at radius 2 is 1.82 bits per heavy atom. The van der Waals surface area contributed by atoms with Crippen LogP contribution in [0, 0.1) is 5.92 Å². The van der Waals surface area contributed by atoms with E-state index in [1.54, 1.807) is 0 Å². The molecule has 2 heteroatoms. The topological polar surface area (TPSA) is 0 Å². The molecule has 0 aromatic heterocycles. The molecule has 11 heavy (non-hydrogen) atoms. The zero-order valence-corrected chi connectivity index (χ0v) is 8.42. The summed E-state index contributed by atoms with van der Waals surface area (Å²) in [6.45, 7) is 4.00. The van der Waals surface area contributed by atoms with Crippen molar-refractivity contribution in [3.8, 4) is 0 Å². The van der Waals surface area contributed by atoms with Gasteiger partial charge in [-0.15, -0.1) is 0 Å². The number of rotatable bonds is 3. The second kappa shape index (κ2) is 8.38. The second-order valence-corrected chi connectivity index (χ2v) is 3.38. The third-order valence-corrected chi connectivity index (χ3v) is 2.47. The van der Waals surface area contributed by atoms with Crippen molar-refractivity contribution in [3.05, 3.63) is 0 Å². The first kappa shape index (κ1) is 11.3. The van der Waals surface area contributed by atoms with Crippen LogP contribution in [-0.2, 0) is 0 Å². The van der Waals surface area contributed by atoms with Gasteiger partial charge in [-0.1, -0.05) is 39.5 Å². The summed E-state index contributed by atoms with van der Waals surface area (Å²) in [5.74, 6) is 1.57. The van der Waals surface area contributed by atoms with Gasteiger partial charge in [0.05, 0.1) is 0 Å². The molecule has 0 atom stereocenters. The Morgan fingerprint density at radius 1 is 1.27 bits per heavy atom. The summed E-state index contributed by atoms with van der Waals surface area (Å²) in [5.41, 5.74) is 0. The highest BCUT2D eigenvalue weighted by Gasteiger charge is 2.13. The molecule has 1 fully saturated rings. The summed E-state index contributed by atoms with van der Waals surface area (Å²) in [4.78, 5) is 0. The molecular weight excluding hydrogens is 159 g/mol. The summed E-state index contributed by atoms with van der Waals surface area (Å²) < 4.78 is 11.6. The number of halogens is 1. The van der Waals surface area contributed by atoms with E-state index in [1.807, 2.05) is 13.8 Å². The predicted octanol–water partition coefficient (Wildman–Crippen LogP) is 4.21. The molecule has 0 unspecified atom stereocenters. The van der Waals surface area contributed by atoms with E-state index >= 15 is 0 Å². The van der Waals surface area contributed by atoms with Gasteiger partial charge in [0.1, 0.15) is 0 Å². The molecule has 0 N–H and O–H groups in total. The first-order valence-corrected chi connectivity index (χ1v) is 5.55. The third kappa shape index (κ3) is 5.54. The Balaban J connectivity index is 0.000000461. The van der Waals surface area contributed by atoms with E-state index in [2.05, 4.69) is 0 Å². The van der Waals surface area contributed by atoms with Crippen molar-refractivity contribution in [2.75, 3.05) is 5.75 Å². The highest BCUT2D eigenvalue weighted by atomic mass is 32.2. The molecule has 0 radical (unpaired) electrons. The lowest BCUT2D eigenvalue weighted by Gasteiger charge is -2.03. The molecule has 1 rings (SSSR count). The minimum atomic E-state index is 0.488. The average Bonchev–Trinajstić information content (AvgIpc) is 2.57. The Kier molecular flexibility index (Phi) is 8.59. The maximum Gasteiger partial charge on any atom is 0.0443 e. The van der Waals surface area contributed by atoms with Gasteiger partial charge in [0.15, 0.2) is 0 Å². The predicted molar refractivity (Wildman–Crippen MR) is 51.5 cm³/mol. The summed E-state index contributed by atoms with van der Waals surface area (Å²) in [7, 11) is 0. The third-order valence-electron chi connectivity index (χ3n) is 2.08. The Bertz CT molecular complexity index is 70.0. The smallest absolute Gasteiger partial charge is 0.0443 e. The van der Waals surface area contributed by atoms with Crippen molar-refractivity contribution in [1.29, 1.82) is 0 Å². The van der Waals surface area contributed by atoms with Gasteiger partial charge in [0.25, 0.3) is 0 Å². The SMILES string of the molecule is CC.FSCCC1CCCC1. The molecule has 0 aromatic rings. The zero-order chi connectivity index (χ0) is 8.53. The van der Waals surface area contributed by atoms with Crippen molar-refractivity contribution >= 4 is 12.1 Å². The van der Waals surface area contributed by atoms with Gasteiger partial charge in [-0.3, -0.25) is 0 Å². The van der Waals surface area contributed by atoms with Crippen LogP contribution in [0.2, 0.25) is 0 Å². The van der Waals surface area contributed by atoms with Crippen LogP contribution in [0.15, 0.2) is 0 Å². The van der Waals surface area contributed by atoms with Crippen LogP contribution in [0.4, 0.5) is 3.89 Å². The molecule has 0 heterocycles. The molecule has 68 valence electrons. The van der Waals surface area contributed by atoms with E-state index in [0.29, 0.717) is 17.9 Å². The van der Waals surface area contributed by atoms with Gasteiger partial charge in [-0.2, -0.15) is 3.89 Å². The number of hydrogen-bond acceptors (Lipinski definition) is 1. The van der Waals surface area contributed by atoms with Crippen molar-refractivity contribution < 1.29 is 3.89 Å². The van der Waals surface area contributed by atoms with Crippen LogP contribution in [-0.4, -0.2) is 5.75 Å². The standard InChI is InChI=1S/C7H13FS.C2H6/c8-9-6-5-7-3-1-2-4-7;1-2/h7H,1-6H2;1-2H3. The lowest BCUT2D eigenvalue weighted by atomic mass is 10.1. The van der Waals surface area contributed by atoms with Gasteiger partial charge in [0, 0.05) is 17.9 Å². The monoisotopic (exact) mass is 178 g/mol. The van der Waals surface area contributed by atoms with Gasteiger partial charge in [0.2, 0.25) is 0 Å². The molecule has 0 aliphatic heterocycles. The lowest BCUT2D eigenvalue weighted by molar-refractivity contribution is 0.533. The Labute approximate surface area is 74.2 Å². The van der Waals surface area contributed by atoms with E-state index in [9.17, 15) is 3.89 Å². The highest BCUT2D eigenvalue weighted by molar-refractivity contribution is 7.94. The van der Waals surface area contributed by atoms with Crippen LogP contribution in [0.1, 0.15) is 46.0 Å². The fraction of sp³-hybridized carbons (Fsp3) is 1.00. The molecular formula is C9H19FS. The van der Waals surface area contributed by atoms with Crippen LogP contribution >= 0.6 is 12.1 Å². The van der Waals surface area contributed by atoms with Crippen LogP contribution < -0.4 is 0 Å². The normalized spacial score (nSPS) is 17.7. The number of hydrogen-bond donors (Lipinski definition) is 0. The first-order chi connectivity index (χ1) is 5.43. The maximum absolute atomic E-state index is 11.6. The van der Waals surface area contributed by atoms with Crippen molar-refractivity contribution in [1.82, 2.24) is 0 Å². The van der Waals surface area contributed by atoms with Crippen molar-refractivity contribution in [3.63, 3.8) is 0 Å². The summed E-state index contributed by atoms with van der Waals surface area (Å²) in [6, 6.07) is 0. The molecule has 0 saturated heterocycles. The molecule has 0 bridgehead atoms. The van der Waals surface area contributed by atoms with E-state index < -0.39 is 0 Å². The minimum Gasteiger partial charge on any atom is -0.165 e. The largest absolute Gasteiger partial charge is 0.165 e. The van der Waals surface area contributed by atoms with Gasteiger partial charge < -0.3 is 0 Å². The minimum absolute atomic E-state index is 0.488. The molecule has 1 aliphatic rings. The average molecular weight is 178 g/mol. The lowest BCUT2D eigenvalue weighted by Crippen LogP contribution is -1.93. The van der Waals surface area contributed by atoms with Gasteiger partial charge in [-0.25, -0.2) is 0 Å². The second-order valence-electron chi connectivity index (χ2n) is 2.75. The van der Waals surface area contributed by atoms with Crippen LogP contribution in [0.25, 0.3) is 0 Å². The fourth-order valence-corrected chi connectivity index (χ4v) is 1.93. The first-order valence-electron chi connectivity index (χ1n) is 4.67. The van der Waals surface area contributed by atoms with Gasteiger partial charge in [-0.05, 0) is 12.3 Å². The van der Waals surface area contributed by atoms with E-state index in [1.165, 1.54) is 25.7 Å². The van der Waals surface area contributed by atoms with Crippen LogP contribution in [0.3, 0.4) is 0 Å². The highest BCUT2D eigenvalue weighted by Crippen LogP contribution is 2.28. The summed E-state index contributed by atoms with van der Waals surface area (Å²) in [6.07, 6.45) is 6.55.